The molecule has 2 amide bonds. The molecular weight excluding hydrogens is 330 g/mol. The van der Waals surface area contributed by atoms with Gasteiger partial charge in [-0.25, -0.2) is 0 Å². The van der Waals surface area contributed by atoms with Crippen molar-refractivity contribution < 1.29 is 19.1 Å². The molecular formula is C16H19N3O4S. The highest BCUT2D eigenvalue weighted by Gasteiger charge is 2.33. The number of thiocarbonyl (C=S) groups is 1. The van der Waals surface area contributed by atoms with E-state index in [0.29, 0.717) is 13.1 Å². The number of rotatable bonds is 4. The number of methoxy groups -OCH3 is 1. The first kappa shape index (κ1) is 17.9. The van der Waals surface area contributed by atoms with Gasteiger partial charge in [0.1, 0.15) is 6.04 Å². The Morgan fingerprint density at radius 1 is 1.38 bits per heavy atom. The van der Waals surface area contributed by atoms with E-state index in [2.05, 4.69) is 15.4 Å². The molecule has 1 saturated heterocycles. The summed E-state index contributed by atoms with van der Waals surface area (Å²) in [4.78, 5) is 37.2. The molecule has 24 heavy (non-hydrogen) atoms. The van der Waals surface area contributed by atoms with Crippen LogP contribution in [0.2, 0.25) is 0 Å². The molecule has 128 valence electrons. The van der Waals surface area contributed by atoms with E-state index >= 15 is 0 Å². The minimum absolute atomic E-state index is 0.128. The Balaban J connectivity index is 1.99. The van der Waals surface area contributed by atoms with Crippen molar-refractivity contribution in [3.8, 4) is 0 Å². The highest BCUT2D eigenvalue weighted by atomic mass is 32.1. The highest BCUT2D eigenvalue weighted by molar-refractivity contribution is 7.80. The minimum atomic E-state index is -0.782. The number of nitrogens with zero attached hydrogens (tertiary/aromatic N) is 1. The quantitative estimate of drug-likeness (QED) is 0.587. The van der Waals surface area contributed by atoms with Gasteiger partial charge in [-0.05, 0) is 17.8 Å². The summed E-state index contributed by atoms with van der Waals surface area (Å²) in [7, 11) is 1.26. The zero-order valence-electron chi connectivity index (χ0n) is 13.3. The van der Waals surface area contributed by atoms with Gasteiger partial charge in [-0.2, -0.15) is 0 Å². The molecule has 1 heterocycles. The van der Waals surface area contributed by atoms with Crippen molar-refractivity contribution in [3.63, 3.8) is 0 Å². The summed E-state index contributed by atoms with van der Waals surface area (Å²) in [6, 6.07) is 8.48. The molecule has 1 aromatic carbocycles. The number of piperazine rings is 1. The number of esters is 1. The summed E-state index contributed by atoms with van der Waals surface area (Å²) in [6.45, 7) is 0.809. The molecule has 0 bridgehead atoms. The van der Waals surface area contributed by atoms with Crippen LogP contribution in [0.4, 0.5) is 0 Å². The fourth-order valence-electron chi connectivity index (χ4n) is 2.42. The lowest BCUT2D eigenvalue weighted by molar-refractivity contribution is -0.144. The predicted molar refractivity (Wildman–Crippen MR) is 91.0 cm³/mol. The normalized spacial score (nSPS) is 17.0. The molecule has 2 N–H and O–H groups in total. The second-order valence-corrected chi connectivity index (χ2v) is 5.68. The lowest BCUT2D eigenvalue weighted by Crippen LogP contribution is -2.60. The number of carbonyl (C=O) groups excluding carboxylic acids is 3. The van der Waals surface area contributed by atoms with Crippen molar-refractivity contribution in [2.45, 2.75) is 18.9 Å². The van der Waals surface area contributed by atoms with Gasteiger partial charge in [0.25, 0.3) is 0 Å². The fraction of sp³-hybridized carbons (Fsp3) is 0.375. The molecule has 0 aromatic heterocycles. The Kier molecular flexibility index (Phi) is 6.25. The summed E-state index contributed by atoms with van der Waals surface area (Å²) < 4.78 is 4.61. The van der Waals surface area contributed by atoms with Gasteiger partial charge in [-0.3, -0.25) is 14.4 Å². The van der Waals surface area contributed by atoms with Gasteiger partial charge < -0.3 is 20.3 Å². The first-order valence-corrected chi connectivity index (χ1v) is 7.91. The Bertz CT molecular complexity index is 635. The maximum absolute atomic E-state index is 12.1. The van der Waals surface area contributed by atoms with Gasteiger partial charge in [-0.15, -0.1) is 0 Å². The Labute approximate surface area is 145 Å². The maximum atomic E-state index is 12.1. The summed E-state index contributed by atoms with van der Waals surface area (Å²) in [5.41, 5.74) is 0.861. The third kappa shape index (κ3) is 4.76. The largest absolute Gasteiger partial charge is 0.469 e. The van der Waals surface area contributed by atoms with Crippen LogP contribution < -0.4 is 10.6 Å². The second kappa shape index (κ2) is 8.39. The molecule has 8 heteroatoms. The van der Waals surface area contributed by atoms with Crippen molar-refractivity contribution in [1.82, 2.24) is 15.5 Å². The summed E-state index contributed by atoms with van der Waals surface area (Å²) in [5.74, 6) is -1.10. The zero-order valence-corrected chi connectivity index (χ0v) is 14.1. The summed E-state index contributed by atoms with van der Waals surface area (Å²) in [6.07, 6.45) is 0.0553. The lowest BCUT2D eigenvalue weighted by Gasteiger charge is -2.36. The van der Waals surface area contributed by atoms with Gasteiger partial charge in [0.2, 0.25) is 11.8 Å². The van der Waals surface area contributed by atoms with Gasteiger partial charge in [0.15, 0.2) is 5.11 Å². The number of amides is 2. The molecule has 1 aliphatic rings. The zero-order chi connectivity index (χ0) is 17.5. The van der Waals surface area contributed by atoms with Crippen molar-refractivity contribution in [2.24, 2.45) is 0 Å². The minimum Gasteiger partial charge on any atom is -0.469 e. The molecule has 1 aromatic rings. The third-order valence-electron chi connectivity index (χ3n) is 3.63. The number of carbonyl (C=O) groups is 3. The lowest BCUT2D eigenvalue weighted by atomic mass is 10.1. The molecule has 0 saturated carbocycles. The Morgan fingerprint density at radius 3 is 2.75 bits per heavy atom. The number of ether oxygens (including phenoxy) is 1. The van der Waals surface area contributed by atoms with E-state index in [1.807, 2.05) is 30.3 Å². The van der Waals surface area contributed by atoms with Crippen LogP contribution in [0.5, 0.6) is 0 Å². The number of nitrogens with one attached hydrogen (secondary N) is 2. The van der Waals surface area contributed by atoms with Crippen LogP contribution in [0, 0.1) is 0 Å². The van der Waals surface area contributed by atoms with Gasteiger partial charge in [-0.1, -0.05) is 30.3 Å². The standard InChI is InChI=1S/C16H19N3O4S/c1-23-14(21)10-12-15(22)17-7-8-19(12)16(24)18-13(20)9-11-5-3-2-4-6-11/h2-6,12H,7-10H2,1H3,(H,17,22)(H,18,20,24). The van der Waals surface area contributed by atoms with Crippen molar-refractivity contribution in [2.75, 3.05) is 20.2 Å². The smallest absolute Gasteiger partial charge is 0.308 e. The van der Waals surface area contributed by atoms with Gasteiger partial charge in [0.05, 0.1) is 20.0 Å². The second-order valence-electron chi connectivity index (χ2n) is 5.30. The number of hydrogen-bond acceptors (Lipinski definition) is 5. The molecule has 7 nitrogen and oxygen atoms in total. The van der Waals surface area contributed by atoms with Crippen LogP contribution in [0.15, 0.2) is 30.3 Å². The fourth-order valence-corrected chi connectivity index (χ4v) is 2.75. The maximum Gasteiger partial charge on any atom is 0.308 e. The average Bonchev–Trinajstić information content (AvgIpc) is 2.57. The first-order chi connectivity index (χ1) is 11.5. The van der Waals surface area contributed by atoms with E-state index in [1.165, 1.54) is 7.11 Å². The van der Waals surface area contributed by atoms with Crippen LogP contribution >= 0.6 is 12.2 Å². The van der Waals surface area contributed by atoms with Crippen LogP contribution in [0.25, 0.3) is 0 Å². The average molecular weight is 349 g/mol. The molecule has 1 fully saturated rings. The van der Waals surface area contributed by atoms with Gasteiger partial charge in [0, 0.05) is 13.1 Å². The van der Waals surface area contributed by atoms with E-state index in [-0.39, 0.29) is 29.8 Å². The summed E-state index contributed by atoms with van der Waals surface area (Å²) in [5, 5.41) is 5.44. The first-order valence-electron chi connectivity index (χ1n) is 7.50. The molecule has 2 rings (SSSR count). The van der Waals surface area contributed by atoms with Crippen molar-refractivity contribution in [3.05, 3.63) is 35.9 Å². The van der Waals surface area contributed by atoms with Crippen LogP contribution in [0.1, 0.15) is 12.0 Å². The highest BCUT2D eigenvalue weighted by Crippen LogP contribution is 2.10. The third-order valence-corrected chi connectivity index (χ3v) is 3.97. The number of benzene rings is 1. The topological polar surface area (TPSA) is 87.7 Å². The molecule has 1 aliphatic heterocycles. The summed E-state index contributed by atoms with van der Waals surface area (Å²) >= 11 is 5.25. The van der Waals surface area contributed by atoms with E-state index in [4.69, 9.17) is 12.2 Å². The SMILES string of the molecule is COC(=O)CC1C(=O)NCCN1C(=S)NC(=O)Cc1ccccc1. The number of hydrogen-bond donors (Lipinski definition) is 2. The molecule has 0 radical (unpaired) electrons. The molecule has 0 aliphatic carbocycles. The van der Waals surface area contributed by atoms with Crippen LogP contribution in [0.3, 0.4) is 0 Å². The Morgan fingerprint density at radius 2 is 2.08 bits per heavy atom. The van der Waals surface area contributed by atoms with Crippen LogP contribution in [-0.4, -0.2) is 54.0 Å². The van der Waals surface area contributed by atoms with Crippen molar-refractivity contribution >= 4 is 35.1 Å². The van der Waals surface area contributed by atoms with Crippen molar-refractivity contribution in [1.29, 1.82) is 0 Å². The van der Waals surface area contributed by atoms with E-state index in [0.717, 1.165) is 5.56 Å². The van der Waals surface area contributed by atoms with E-state index in [1.54, 1.807) is 4.90 Å². The molecule has 1 atom stereocenters. The molecule has 0 spiro atoms. The monoisotopic (exact) mass is 349 g/mol. The Hall–Kier alpha value is -2.48. The predicted octanol–water partition coefficient (Wildman–Crippen LogP) is -0.00630. The van der Waals surface area contributed by atoms with Crippen LogP contribution in [-0.2, 0) is 25.5 Å². The van der Waals surface area contributed by atoms with E-state index < -0.39 is 12.0 Å². The van der Waals surface area contributed by atoms with E-state index in [9.17, 15) is 14.4 Å². The molecule has 1 unspecified atom stereocenters. The van der Waals surface area contributed by atoms with Gasteiger partial charge >= 0.3 is 5.97 Å².